The van der Waals surface area contributed by atoms with Crippen molar-refractivity contribution in [3.05, 3.63) is 106 Å². The number of non-ortho nitro benzene ring substituents is 1. The number of phenolic OH excluding ortho intramolecular Hbond substituents is 1. The third-order valence-electron chi connectivity index (χ3n) is 5.04. The lowest BCUT2D eigenvalue weighted by molar-refractivity contribution is -0.384. The smallest absolute Gasteiger partial charge is 0.300 e. The van der Waals surface area contributed by atoms with Gasteiger partial charge in [-0.2, -0.15) is 0 Å². The Labute approximate surface area is 176 Å². The average molecular weight is 416 g/mol. The van der Waals surface area contributed by atoms with E-state index in [-0.39, 0.29) is 22.8 Å². The zero-order chi connectivity index (χ0) is 22.1. The second-order valence-corrected chi connectivity index (χ2v) is 6.90. The molecule has 3 aromatic rings. The number of hydrogen-bond donors (Lipinski definition) is 2. The number of carbonyl (C=O) groups excluding carboxylic acids is 2. The predicted molar refractivity (Wildman–Crippen MR) is 112 cm³/mol. The van der Waals surface area contributed by atoms with Crippen LogP contribution in [0.25, 0.3) is 5.76 Å². The van der Waals surface area contributed by atoms with Crippen LogP contribution in [-0.4, -0.2) is 26.8 Å². The van der Waals surface area contributed by atoms with Gasteiger partial charge in [-0.15, -0.1) is 0 Å². The standard InChI is InChI=1S/C23H16N2O6/c26-18-12-10-16(11-13-18)24-20(14-6-8-17(9-7-14)25(30)31)19(22(28)23(24)29)21(27)15-4-2-1-3-5-15/h1-13,20,26-27H/b21-19+. The number of rotatable bonds is 4. The molecule has 1 fully saturated rings. The van der Waals surface area contributed by atoms with Crippen LogP contribution in [0.5, 0.6) is 5.75 Å². The monoisotopic (exact) mass is 416 g/mol. The Kier molecular flexibility index (Phi) is 4.96. The zero-order valence-corrected chi connectivity index (χ0v) is 16.0. The topological polar surface area (TPSA) is 121 Å². The Balaban J connectivity index is 1.93. The van der Waals surface area contributed by atoms with Crippen molar-refractivity contribution in [3.63, 3.8) is 0 Å². The molecule has 1 heterocycles. The van der Waals surface area contributed by atoms with Crippen LogP contribution in [0.2, 0.25) is 0 Å². The number of amides is 1. The molecule has 0 spiro atoms. The summed E-state index contributed by atoms with van der Waals surface area (Å²) in [5.41, 5.74) is 0.829. The summed E-state index contributed by atoms with van der Waals surface area (Å²) in [6.07, 6.45) is 0. The van der Waals surface area contributed by atoms with Gasteiger partial charge in [-0.1, -0.05) is 30.3 Å². The molecule has 3 aromatic carbocycles. The molecule has 1 atom stereocenters. The first kappa shape index (κ1) is 19.8. The van der Waals surface area contributed by atoms with Crippen molar-refractivity contribution in [2.75, 3.05) is 4.90 Å². The van der Waals surface area contributed by atoms with Crippen molar-refractivity contribution in [2.45, 2.75) is 6.04 Å². The molecular formula is C23H16N2O6. The van der Waals surface area contributed by atoms with Gasteiger partial charge in [0, 0.05) is 23.4 Å². The molecule has 0 saturated carbocycles. The number of benzene rings is 3. The summed E-state index contributed by atoms with van der Waals surface area (Å²) in [6, 6.07) is 18.5. The van der Waals surface area contributed by atoms with Crippen LogP contribution < -0.4 is 4.90 Å². The van der Waals surface area contributed by atoms with Gasteiger partial charge in [0.15, 0.2) is 0 Å². The van der Waals surface area contributed by atoms with Gasteiger partial charge in [0.05, 0.1) is 16.5 Å². The van der Waals surface area contributed by atoms with Crippen LogP contribution >= 0.6 is 0 Å². The highest BCUT2D eigenvalue weighted by Gasteiger charge is 2.47. The molecule has 0 radical (unpaired) electrons. The summed E-state index contributed by atoms with van der Waals surface area (Å²) in [5.74, 6) is -2.09. The summed E-state index contributed by atoms with van der Waals surface area (Å²) >= 11 is 0. The van der Waals surface area contributed by atoms with E-state index in [1.54, 1.807) is 30.3 Å². The molecule has 8 nitrogen and oxygen atoms in total. The normalized spacial score (nSPS) is 17.7. The van der Waals surface area contributed by atoms with Gasteiger partial charge in [-0.05, 0) is 42.0 Å². The Bertz CT molecular complexity index is 1200. The van der Waals surface area contributed by atoms with Gasteiger partial charge in [-0.3, -0.25) is 24.6 Å². The maximum Gasteiger partial charge on any atom is 0.300 e. The van der Waals surface area contributed by atoms with Crippen molar-refractivity contribution >= 4 is 28.8 Å². The molecule has 0 aromatic heterocycles. The SMILES string of the molecule is O=C1C(=O)N(c2ccc(O)cc2)C(c2ccc([N+](=O)[O-])cc2)/C1=C(\O)c1ccccc1. The van der Waals surface area contributed by atoms with Gasteiger partial charge in [0.2, 0.25) is 0 Å². The Morgan fingerprint density at radius 1 is 0.903 bits per heavy atom. The van der Waals surface area contributed by atoms with E-state index in [0.29, 0.717) is 16.8 Å². The number of anilines is 1. The number of carbonyl (C=O) groups is 2. The van der Waals surface area contributed by atoms with Crippen LogP contribution in [0.15, 0.2) is 84.4 Å². The van der Waals surface area contributed by atoms with Crippen molar-refractivity contribution in [1.82, 2.24) is 0 Å². The lowest BCUT2D eigenvalue weighted by Gasteiger charge is -2.25. The van der Waals surface area contributed by atoms with Gasteiger partial charge in [0.25, 0.3) is 17.4 Å². The minimum Gasteiger partial charge on any atom is -0.508 e. The Hall–Kier alpha value is -4.46. The van der Waals surface area contributed by atoms with Gasteiger partial charge < -0.3 is 10.2 Å². The van der Waals surface area contributed by atoms with Crippen molar-refractivity contribution in [2.24, 2.45) is 0 Å². The number of nitro groups is 1. The quantitative estimate of drug-likeness (QED) is 0.219. The summed E-state index contributed by atoms with van der Waals surface area (Å²) < 4.78 is 0. The van der Waals surface area contributed by atoms with E-state index in [2.05, 4.69) is 0 Å². The van der Waals surface area contributed by atoms with Crippen molar-refractivity contribution in [1.29, 1.82) is 0 Å². The molecule has 1 unspecified atom stereocenters. The molecule has 1 amide bonds. The van der Waals surface area contributed by atoms with Crippen molar-refractivity contribution in [3.8, 4) is 5.75 Å². The fraction of sp³-hybridized carbons (Fsp3) is 0.0435. The Morgan fingerprint density at radius 2 is 1.52 bits per heavy atom. The highest BCUT2D eigenvalue weighted by Crippen LogP contribution is 2.42. The number of phenols is 1. The number of hydrogen-bond acceptors (Lipinski definition) is 6. The number of aromatic hydroxyl groups is 1. The summed E-state index contributed by atoms with van der Waals surface area (Å²) in [4.78, 5) is 37.6. The number of aliphatic hydroxyl groups excluding tert-OH is 1. The van der Waals surface area contributed by atoms with E-state index < -0.39 is 22.7 Å². The minimum absolute atomic E-state index is 0.0171. The van der Waals surface area contributed by atoms with Gasteiger partial charge in [-0.25, -0.2) is 0 Å². The number of ketones is 1. The molecule has 31 heavy (non-hydrogen) atoms. The van der Waals surface area contributed by atoms with Crippen LogP contribution in [0.4, 0.5) is 11.4 Å². The first-order valence-electron chi connectivity index (χ1n) is 9.28. The van der Waals surface area contributed by atoms with Gasteiger partial charge >= 0.3 is 0 Å². The molecule has 0 bridgehead atoms. The minimum atomic E-state index is -1.01. The molecule has 154 valence electrons. The largest absolute Gasteiger partial charge is 0.508 e. The number of nitro benzene ring substituents is 1. The maximum absolute atomic E-state index is 13.0. The molecule has 4 rings (SSSR count). The van der Waals surface area contributed by atoms with Gasteiger partial charge in [0.1, 0.15) is 11.5 Å². The molecule has 1 aliphatic rings. The fourth-order valence-corrected chi connectivity index (χ4v) is 3.56. The summed E-state index contributed by atoms with van der Waals surface area (Å²) in [6.45, 7) is 0. The molecule has 2 N–H and O–H groups in total. The number of nitrogens with zero attached hydrogens (tertiary/aromatic N) is 2. The second kappa shape index (κ2) is 7.75. The first-order chi connectivity index (χ1) is 14.9. The van der Waals surface area contributed by atoms with E-state index >= 15 is 0 Å². The van der Waals surface area contributed by atoms with Crippen LogP contribution in [0.3, 0.4) is 0 Å². The molecular weight excluding hydrogens is 400 g/mol. The Morgan fingerprint density at radius 3 is 2.10 bits per heavy atom. The second-order valence-electron chi connectivity index (χ2n) is 6.90. The van der Waals surface area contributed by atoms with Crippen LogP contribution in [-0.2, 0) is 9.59 Å². The lowest BCUT2D eigenvalue weighted by atomic mass is 9.95. The lowest BCUT2D eigenvalue weighted by Crippen LogP contribution is -2.29. The molecule has 1 saturated heterocycles. The van der Waals surface area contributed by atoms with E-state index in [1.165, 1.54) is 53.4 Å². The first-order valence-corrected chi connectivity index (χ1v) is 9.28. The highest BCUT2D eigenvalue weighted by atomic mass is 16.6. The maximum atomic E-state index is 13.0. The third kappa shape index (κ3) is 3.51. The van der Waals surface area contributed by atoms with E-state index in [9.17, 15) is 29.9 Å². The van der Waals surface area contributed by atoms with E-state index in [1.807, 2.05) is 0 Å². The van der Waals surface area contributed by atoms with Crippen LogP contribution in [0, 0.1) is 10.1 Å². The molecule has 8 heteroatoms. The van der Waals surface area contributed by atoms with E-state index in [0.717, 1.165) is 0 Å². The molecule has 1 aliphatic heterocycles. The van der Waals surface area contributed by atoms with Crippen molar-refractivity contribution < 1.29 is 24.7 Å². The zero-order valence-electron chi connectivity index (χ0n) is 16.0. The summed E-state index contributed by atoms with van der Waals surface area (Å²) in [5, 5.41) is 31.5. The third-order valence-corrected chi connectivity index (χ3v) is 5.04. The van der Waals surface area contributed by atoms with Crippen LogP contribution in [0.1, 0.15) is 17.2 Å². The highest BCUT2D eigenvalue weighted by molar-refractivity contribution is 6.51. The predicted octanol–water partition coefficient (Wildman–Crippen LogP) is 3.93. The van der Waals surface area contributed by atoms with E-state index in [4.69, 9.17) is 0 Å². The number of Topliss-reactive ketones (excluding diaryl/α,β-unsaturated/α-hetero) is 1. The fourth-order valence-electron chi connectivity index (χ4n) is 3.56. The summed E-state index contributed by atoms with van der Waals surface area (Å²) in [7, 11) is 0. The average Bonchev–Trinajstić information content (AvgIpc) is 3.05. The molecule has 0 aliphatic carbocycles. The number of aliphatic hydroxyl groups is 1.